The maximum atomic E-state index is 5.66. The van der Waals surface area contributed by atoms with Gasteiger partial charge in [-0.1, -0.05) is 50.6 Å². The standard InChI is InChI=1S/C17H27NO/c1-5-15(13-18-12-14(3)4)11-16-9-7-8-10-17(16)19-6-2/h7-11,14,18H,5-6,12-13H2,1-4H3. The minimum atomic E-state index is 0.689. The number of nitrogens with one attached hydrogen (secondary N) is 1. The lowest BCUT2D eigenvalue weighted by Crippen LogP contribution is -2.21. The van der Waals surface area contributed by atoms with Gasteiger partial charge in [0.25, 0.3) is 0 Å². The molecule has 0 unspecified atom stereocenters. The molecule has 1 rings (SSSR count). The molecule has 106 valence electrons. The van der Waals surface area contributed by atoms with Crippen LogP contribution in [0.5, 0.6) is 5.75 Å². The number of hydrogen-bond donors (Lipinski definition) is 1. The van der Waals surface area contributed by atoms with Crippen molar-refractivity contribution in [2.45, 2.75) is 34.1 Å². The number of benzene rings is 1. The highest BCUT2D eigenvalue weighted by molar-refractivity contribution is 5.60. The van der Waals surface area contributed by atoms with Crippen molar-refractivity contribution in [3.63, 3.8) is 0 Å². The molecular formula is C17H27NO. The molecule has 0 spiro atoms. The smallest absolute Gasteiger partial charge is 0.126 e. The van der Waals surface area contributed by atoms with Crippen molar-refractivity contribution in [2.24, 2.45) is 5.92 Å². The molecule has 2 nitrogen and oxygen atoms in total. The molecule has 1 aromatic rings. The highest BCUT2D eigenvalue weighted by atomic mass is 16.5. The van der Waals surface area contributed by atoms with Crippen molar-refractivity contribution in [1.29, 1.82) is 0 Å². The zero-order chi connectivity index (χ0) is 14.1. The van der Waals surface area contributed by atoms with Crippen LogP contribution in [0.15, 0.2) is 29.8 Å². The Labute approximate surface area is 117 Å². The van der Waals surface area contributed by atoms with E-state index in [1.807, 2.05) is 19.1 Å². The first-order chi connectivity index (χ1) is 9.17. The third-order valence-electron chi connectivity index (χ3n) is 2.94. The summed E-state index contributed by atoms with van der Waals surface area (Å²) in [5, 5.41) is 3.50. The molecule has 1 N–H and O–H groups in total. The van der Waals surface area contributed by atoms with E-state index in [4.69, 9.17) is 4.74 Å². The van der Waals surface area contributed by atoms with Gasteiger partial charge in [0.1, 0.15) is 5.75 Å². The summed E-state index contributed by atoms with van der Waals surface area (Å²) >= 11 is 0. The number of hydrogen-bond acceptors (Lipinski definition) is 2. The topological polar surface area (TPSA) is 21.3 Å². The Balaban J connectivity index is 2.73. The van der Waals surface area contributed by atoms with Crippen LogP contribution in [-0.4, -0.2) is 19.7 Å². The zero-order valence-corrected chi connectivity index (χ0v) is 12.7. The summed E-state index contributed by atoms with van der Waals surface area (Å²) < 4.78 is 5.66. The fourth-order valence-electron chi connectivity index (χ4n) is 1.91. The molecule has 0 aliphatic rings. The molecule has 0 fully saturated rings. The molecule has 0 atom stereocenters. The summed E-state index contributed by atoms with van der Waals surface area (Å²) in [7, 11) is 0. The molecule has 0 amide bonds. The Hall–Kier alpha value is -1.28. The Kier molecular flexibility index (Phi) is 7.27. The van der Waals surface area contributed by atoms with Gasteiger partial charge < -0.3 is 10.1 Å². The number of rotatable bonds is 8. The molecule has 0 saturated heterocycles. The largest absolute Gasteiger partial charge is 0.493 e. The molecule has 0 aliphatic carbocycles. The molecule has 0 heterocycles. The van der Waals surface area contributed by atoms with Gasteiger partial charge in [-0.3, -0.25) is 0 Å². The van der Waals surface area contributed by atoms with E-state index in [0.717, 1.165) is 25.3 Å². The number of para-hydroxylation sites is 1. The summed E-state index contributed by atoms with van der Waals surface area (Å²) in [5.41, 5.74) is 2.58. The van der Waals surface area contributed by atoms with Crippen LogP contribution in [0.25, 0.3) is 6.08 Å². The fraction of sp³-hybridized carbons (Fsp3) is 0.529. The van der Waals surface area contributed by atoms with Crippen molar-refractivity contribution < 1.29 is 4.74 Å². The molecule has 2 heteroatoms. The molecule has 0 aromatic heterocycles. The van der Waals surface area contributed by atoms with Crippen LogP contribution in [0.3, 0.4) is 0 Å². The van der Waals surface area contributed by atoms with Gasteiger partial charge in [0, 0.05) is 12.1 Å². The van der Waals surface area contributed by atoms with E-state index in [2.05, 4.69) is 44.3 Å². The van der Waals surface area contributed by atoms with E-state index in [1.54, 1.807) is 0 Å². The van der Waals surface area contributed by atoms with E-state index in [9.17, 15) is 0 Å². The predicted octanol–water partition coefficient (Wildman–Crippen LogP) is 4.12. The molecule has 1 aromatic carbocycles. The van der Waals surface area contributed by atoms with Crippen LogP contribution in [0.2, 0.25) is 0 Å². The zero-order valence-electron chi connectivity index (χ0n) is 12.7. The third kappa shape index (κ3) is 5.93. The first kappa shape index (κ1) is 15.8. The first-order valence-electron chi connectivity index (χ1n) is 7.29. The van der Waals surface area contributed by atoms with Gasteiger partial charge in [-0.25, -0.2) is 0 Å². The van der Waals surface area contributed by atoms with Crippen LogP contribution in [-0.2, 0) is 0 Å². The minimum Gasteiger partial charge on any atom is -0.493 e. The lowest BCUT2D eigenvalue weighted by atomic mass is 10.1. The van der Waals surface area contributed by atoms with Crippen molar-refractivity contribution in [3.8, 4) is 5.75 Å². The van der Waals surface area contributed by atoms with Gasteiger partial charge in [0.15, 0.2) is 0 Å². The molecule has 0 radical (unpaired) electrons. The maximum absolute atomic E-state index is 5.66. The average Bonchev–Trinajstić information content (AvgIpc) is 2.39. The second-order valence-corrected chi connectivity index (χ2v) is 5.15. The van der Waals surface area contributed by atoms with Gasteiger partial charge in [-0.2, -0.15) is 0 Å². The van der Waals surface area contributed by atoms with E-state index >= 15 is 0 Å². The van der Waals surface area contributed by atoms with Crippen LogP contribution >= 0.6 is 0 Å². The SMILES string of the molecule is CCOc1ccccc1C=C(CC)CNCC(C)C. The summed E-state index contributed by atoms with van der Waals surface area (Å²) in [6.45, 7) is 11.4. The molecule has 0 aliphatic heterocycles. The Morgan fingerprint density at radius 3 is 2.63 bits per heavy atom. The van der Waals surface area contributed by atoms with Gasteiger partial charge in [-0.15, -0.1) is 0 Å². The van der Waals surface area contributed by atoms with E-state index in [0.29, 0.717) is 12.5 Å². The van der Waals surface area contributed by atoms with E-state index < -0.39 is 0 Å². The van der Waals surface area contributed by atoms with Crippen LogP contribution in [0, 0.1) is 5.92 Å². The molecule has 0 saturated carbocycles. The lowest BCUT2D eigenvalue weighted by molar-refractivity contribution is 0.339. The second kappa shape index (κ2) is 8.76. The Morgan fingerprint density at radius 1 is 1.26 bits per heavy atom. The maximum Gasteiger partial charge on any atom is 0.126 e. The Bertz CT molecular complexity index is 396. The van der Waals surface area contributed by atoms with E-state index in [1.165, 1.54) is 11.1 Å². The van der Waals surface area contributed by atoms with E-state index in [-0.39, 0.29) is 0 Å². The average molecular weight is 261 g/mol. The third-order valence-corrected chi connectivity index (χ3v) is 2.94. The van der Waals surface area contributed by atoms with Gasteiger partial charge in [-0.05, 0) is 31.9 Å². The molecule has 0 bridgehead atoms. The summed E-state index contributed by atoms with van der Waals surface area (Å²) in [6, 6.07) is 8.22. The van der Waals surface area contributed by atoms with Crippen LogP contribution < -0.4 is 10.1 Å². The second-order valence-electron chi connectivity index (χ2n) is 5.15. The van der Waals surface area contributed by atoms with Crippen molar-refractivity contribution >= 4 is 6.08 Å². The highest BCUT2D eigenvalue weighted by Crippen LogP contribution is 2.21. The van der Waals surface area contributed by atoms with Crippen LogP contribution in [0.1, 0.15) is 39.7 Å². The molecular weight excluding hydrogens is 234 g/mol. The monoisotopic (exact) mass is 261 g/mol. The lowest BCUT2D eigenvalue weighted by Gasteiger charge is -2.11. The van der Waals surface area contributed by atoms with Gasteiger partial charge in [0.2, 0.25) is 0 Å². The van der Waals surface area contributed by atoms with Crippen LogP contribution in [0.4, 0.5) is 0 Å². The minimum absolute atomic E-state index is 0.689. The first-order valence-corrected chi connectivity index (χ1v) is 7.29. The normalized spacial score (nSPS) is 11.9. The summed E-state index contributed by atoms with van der Waals surface area (Å²) in [6.07, 6.45) is 3.31. The van der Waals surface area contributed by atoms with Crippen molar-refractivity contribution in [1.82, 2.24) is 5.32 Å². The summed E-state index contributed by atoms with van der Waals surface area (Å²) in [5.74, 6) is 1.66. The molecule has 19 heavy (non-hydrogen) atoms. The highest BCUT2D eigenvalue weighted by Gasteiger charge is 2.02. The number of ether oxygens (including phenoxy) is 1. The predicted molar refractivity (Wildman–Crippen MR) is 83.6 cm³/mol. The van der Waals surface area contributed by atoms with Gasteiger partial charge >= 0.3 is 0 Å². The van der Waals surface area contributed by atoms with Crippen molar-refractivity contribution in [3.05, 3.63) is 35.4 Å². The summed E-state index contributed by atoms with van der Waals surface area (Å²) in [4.78, 5) is 0. The quantitative estimate of drug-likeness (QED) is 0.760. The fourth-order valence-corrected chi connectivity index (χ4v) is 1.91. The Morgan fingerprint density at radius 2 is 2.00 bits per heavy atom. The van der Waals surface area contributed by atoms with Crippen molar-refractivity contribution in [2.75, 3.05) is 19.7 Å². The van der Waals surface area contributed by atoms with Gasteiger partial charge in [0.05, 0.1) is 6.61 Å².